The molecule has 0 spiro atoms. The van der Waals surface area contributed by atoms with Crippen LogP contribution in [0.15, 0.2) is 0 Å². The molecule has 5 nitrogen and oxygen atoms in total. The molecule has 20 heavy (non-hydrogen) atoms. The van der Waals surface area contributed by atoms with Crippen LogP contribution >= 0.6 is 0 Å². The molecular weight excluding hydrogens is 256 g/mol. The van der Waals surface area contributed by atoms with E-state index in [4.69, 9.17) is 0 Å². The van der Waals surface area contributed by atoms with Crippen LogP contribution in [0.2, 0.25) is 0 Å². The Morgan fingerprint density at radius 3 is 2.50 bits per heavy atom. The first-order valence-corrected chi connectivity index (χ1v) is 7.76. The fourth-order valence-electron chi connectivity index (χ4n) is 3.54. The normalized spacial score (nSPS) is 29.2. The highest BCUT2D eigenvalue weighted by Gasteiger charge is 2.46. The maximum absolute atomic E-state index is 12.4. The first-order chi connectivity index (χ1) is 9.45. The first kappa shape index (κ1) is 15.1. The van der Waals surface area contributed by atoms with Gasteiger partial charge in [-0.15, -0.1) is 0 Å². The molecule has 1 saturated heterocycles. The van der Waals surface area contributed by atoms with Gasteiger partial charge < -0.3 is 15.3 Å². The third kappa shape index (κ3) is 2.91. The van der Waals surface area contributed by atoms with Crippen LogP contribution in [0.1, 0.15) is 58.8 Å². The molecule has 2 amide bonds. The number of aliphatic carboxylic acids is 1. The van der Waals surface area contributed by atoms with Crippen molar-refractivity contribution in [3.8, 4) is 0 Å². The zero-order valence-corrected chi connectivity index (χ0v) is 12.5. The van der Waals surface area contributed by atoms with Gasteiger partial charge in [0, 0.05) is 12.6 Å². The number of urea groups is 1. The molecule has 0 bridgehead atoms. The van der Waals surface area contributed by atoms with Crippen molar-refractivity contribution in [1.29, 1.82) is 0 Å². The van der Waals surface area contributed by atoms with Gasteiger partial charge in [0.05, 0.1) is 0 Å². The van der Waals surface area contributed by atoms with E-state index >= 15 is 0 Å². The SMILES string of the molecule is CC(NC(=O)N1CCCC1(C)C(=O)O)C1CCCCC1. The second-order valence-electron chi connectivity index (χ2n) is 6.47. The number of carbonyl (C=O) groups is 2. The summed E-state index contributed by atoms with van der Waals surface area (Å²) in [6.45, 7) is 4.22. The summed E-state index contributed by atoms with van der Waals surface area (Å²) in [5, 5.41) is 12.4. The first-order valence-electron chi connectivity index (χ1n) is 7.76. The highest BCUT2D eigenvalue weighted by atomic mass is 16.4. The molecule has 2 rings (SSSR count). The maximum Gasteiger partial charge on any atom is 0.329 e. The second-order valence-corrected chi connectivity index (χ2v) is 6.47. The molecule has 0 aromatic carbocycles. The molecule has 0 aromatic heterocycles. The van der Waals surface area contributed by atoms with Gasteiger partial charge in [0.2, 0.25) is 0 Å². The molecule has 1 aliphatic heterocycles. The molecular formula is C15H26N2O3. The Hall–Kier alpha value is -1.26. The number of carboxylic acids is 1. The Morgan fingerprint density at radius 1 is 1.25 bits per heavy atom. The van der Waals surface area contributed by atoms with E-state index in [9.17, 15) is 14.7 Å². The summed E-state index contributed by atoms with van der Waals surface area (Å²) in [6.07, 6.45) is 7.39. The average Bonchev–Trinajstić information content (AvgIpc) is 2.83. The van der Waals surface area contributed by atoms with E-state index in [1.54, 1.807) is 6.92 Å². The lowest BCUT2D eigenvalue weighted by molar-refractivity contribution is -0.147. The van der Waals surface area contributed by atoms with Gasteiger partial charge in [-0.05, 0) is 45.4 Å². The fourth-order valence-corrected chi connectivity index (χ4v) is 3.54. The van der Waals surface area contributed by atoms with Crippen LogP contribution in [0.3, 0.4) is 0 Å². The lowest BCUT2D eigenvalue weighted by Crippen LogP contribution is -2.56. The van der Waals surface area contributed by atoms with Crippen molar-refractivity contribution in [2.24, 2.45) is 5.92 Å². The van der Waals surface area contributed by atoms with Gasteiger partial charge in [0.25, 0.3) is 0 Å². The molecule has 2 aliphatic rings. The number of hydrogen-bond donors (Lipinski definition) is 2. The van der Waals surface area contributed by atoms with E-state index < -0.39 is 11.5 Å². The number of carbonyl (C=O) groups excluding carboxylic acids is 1. The Kier molecular flexibility index (Phi) is 4.55. The summed E-state index contributed by atoms with van der Waals surface area (Å²) < 4.78 is 0. The molecule has 1 saturated carbocycles. The summed E-state index contributed by atoms with van der Waals surface area (Å²) in [7, 11) is 0. The van der Waals surface area contributed by atoms with Gasteiger partial charge in [-0.2, -0.15) is 0 Å². The number of hydrogen-bond acceptors (Lipinski definition) is 2. The number of nitrogens with one attached hydrogen (secondary N) is 1. The van der Waals surface area contributed by atoms with E-state index in [0.29, 0.717) is 18.9 Å². The highest BCUT2D eigenvalue weighted by molar-refractivity contribution is 5.86. The van der Waals surface area contributed by atoms with Gasteiger partial charge in [-0.1, -0.05) is 19.3 Å². The molecule has 1 heterocycles. The Balaban J connectivity index is 1.95. The summed E-state index contributed by atoms with van der Waals surface area (Å²) in [5.41, 5.74) is -1.05. The second kappa shape index (κ2) is 6.02. The van der Waals surface area contributed by atoms with Gasteiger partial charge >= 0.3 is 12.0 Å². The van der Waals surface area contributed by atoms with Crippen molar-refractivity contribution in [3.05, 3.63) is 0 Å². The van der Waals surface area contributed by atoms with Crippen LogP contribution in [0, 0.1) is 5.92 Å². The predicted molar refractivity (Wildman–Crippen MR) is 76.5 cm³/mol. The maximum atomic E-state index is 12.4. The van der Waals surface area contributed by atoms with E-state index in [-0.39, 0.29) is 12.1 Å². The Labute approximate surface area is 120 Å². The van der Waals surface area contributed by atoms with Crippen LogP contribution in [0.25, 0.3) is 0 Å². The summed E-state index contributed by atoms with van der Waals surface area (Å²) in [5.74, 6) is -0.373. The number of nitrogens with zero attached hydrogens (tertiary/aromatic N) is 1. The number of amides is 2. The van der Waals surface area contributed by atoms with Crippen molar-refractivity contribution < 1.29 is 14.7 Å². The van der Waals surface area contributed by atoms with Crippen molar-refractivity contribution in [2.45, 2.75) is 70.4 Å². The van der Waals surface area contributed by atoms with Crippen molar-refractivity contribution >= 4 is 12.0 Å². The van der Waals surface area contributed by atoms with Crippen LogP contribution in [-0.2, 0) is 4.79 Å². The van der Waals surface area contributed by atoms with Crippen molar-refractivity contribution in [1.82, 2.24) is 10.2 Å². The predicted octanol–water partition coefficient (Wildman–Crippen LogP) is 2.60. The monoisotopic (exact) mass is 282 g/mol. The lowest BCUT2D eigenvalue weighted by atomic mass is 9.84. The Bertz CT molecular complexity index is 379. The van der Waals surface area contributed by atoms with Gasteiger partial charge in [0.1, 0.15) is 5.54 Å². The molecule has 2 unspecified atom stereocenters. The molecule has 0 radical (unpaired) electrons. The topological polar surface area (TPSA) is 69.6 Å². The van der Waals surface area contributed by atoms with Crippen LogP contribution < -0.4 is 5.32 Å². The average molecular weight is 282 g/mol. The van der Waals surface area contributed by atoms with Crippen LogP contribution in [0.5, 0.6) is 0 Å². The lowest BCUT2D eigenvalue weighted by Gasteiger charge is -2.34. The largest absolute Gasteiger partial charge is 0.480 e. The van der Waals surface area contributed by atoms with Gasteiger partial charge in [0.15, 0.2) is 0 Å². The standard InChI is InChI=1S/C15H26N2O3/c1-11(12-7-4-3-5-8-12)16-14(20)17-10-6-9-15(17,2)13(18)19/h11-12H,3-10H2,1-2H3,(H,16,20)(H,18,19). The molecule has 5 heteroatoms. The van der Waals surface area contributed by atoms with E-state index in [0.717, 1.165) is 19.3 Å². The number of likely N-dealkylation sites (tertiary alicyclic amines) is 1. The minimum absolute atomic E-state index is 0.126. The zero-order chi connectivity index (χ0) is 14.8. The molecule has 2 fully saturated rings. The third-order valence-electron chi connectivity index (χ3n) is 5.06. The smallest absolute Gasteiger partial charge is 0.329 e. The fraction of sp³-hybridized carbons (Fsp3) is 0.867. The summed E-state index contributed by atoms with van der Waals surface area (Å²) in [4.78, 5) is 25.3. The number of rotatable bonds is 3. The molecule has 2 N–H and O–H groups in total. The molecule has 2 atom stereocenters. The van der Waals surface area contributed by atoms with Crippen molar-refractivity contribution in [3.63, 3.8) is 0 Å². The zero-order valence-electron chi connectivity index (χ0n) is 12.5. The van der Waals surface area contributed by atoms with Gasteiger partial charge in [-0.3, -0.25) is 0 Å². The summed E-state index contributed by atoms with van der Waals surface area (Å²) in [6, 6.07) is -0.0908. The molecule has 0 aromatic rings. The van der Waals surface area contributed by atoms with Crippen molar-refractivity contribution in [2.75, 3.05) is 6.54 Å². The highest BCUT2D eigenvalue weighted by Crippen LogP contribution is 2.30. The van der Waals surface area contributed by atoms with Crippen LogP contribution in [0.4, 0.5) is 4.79 Å². The summed E-state index contributed by atoms with van der Waals surface area (Å²) >= 11 is 0. The molecule has 1 aliphatic carbocycles. The van der Waals surface area contributed by atoms with Crippen LogP contribution in [-0.4, -0.2) is 40.1 Å². The van der Waals surface area contributed by atoms with Gasteiger partial charge in [-0.25, -0.2) is 9.59 Å². The minimum Gasteiger partial charge on any atom is -0.480 e. The molecule has 114 valence electrons. The quantitative estimate of drug-likeness (QED) is 0.836. The van der Waals surface area contributed by atoms with E-state index in [1.165, 1.54) is 24.2 Å². The Morgan fingerprint density at radius 2 is 1.90 bits per heavy atom. The minimum atomic E-state index is -1.05. The third-order valence-corrected chi connectivity index (χ3v) is 5.06. The van der Waals surface area contributed by atoms with E-state index in [2.05, 4.69) is 5.32 Å². The van der Waals surface area contributed by atoms with E-state index in [1.807, 2.05) is 6.92 Å². The number of carboxylic acid groups (broad SMARTS) is 1.